The topological polar surface area (TPSA) is 84.9 Å². The highest BCUT2D eigenvalue weighted by atomic mass is 127. The predicted octanol–water partition coefficient (Wildman–Crippen LogP) is 4.32. The van der Waals surface area contributed by atoms with Gasteiger partial charge in [0.1, 0.15) is 5.57 Å². The largest absolute Gasteiger partial charge is 0.493 e. The van der Waals surface area contributed by atoms with Crippen LogP contribution < -0.4 is 19.7 Å². The molecule has 1 saturated heterocycles. The maximum absolute atomic E-state index is 13.1. The highest BCUT2D eigenvalue weighted by Crippen LogP contribution is 2.35. The van der Waals surface area contributed by atoms with Crippen LogP contribution in [0.3, 0.4) is 0 Å². The molecule has 2 aromatic rings. The molecule has 4 amide bonds. The molecule has 7 nitrogen and oxygen atoms in total. The van der Waals surface area contributed by atoms with Gasteiger partial charge in [0.15, 0.2) is 11.5 Å². The van der Waals surface area contributed by atoms with E-state index in [0.717, 1.165) is 20.5 Å². The number of nitrogens with zero attached hydrogens (tertiary/aromatic N) is 1. The molecular formula is C23H23IN2O5. The number of hydrogen-bond acceptors (Lipinski definition) is 5. The number of amides is 4. The molecule has 1 heterocycles. The number of anilines is 1. The van der Waals surface area contributed by atoms with Crippen LogP contribution in [0.2, 0.25) is 0 Å². The minimum atomic E-state index is -0.774. The van der Waals surface area contributed by atoms with E-state index in [4.69, 9.17) is 9.47 Å². The molecule has 0 aliphatic carbocycles. The Bertz CT molecular complexity index is 1060. The lowest BCUT2D eigenvalue weighted by molar-refractivity contribution is -0.122. The van der Waals surface area contributed by atoms with Gasteiger partial charge in [-0.3, -0.25) is 14.9 Å². The van der Waals surface area contributed by atoms with Gasteiger partial charge in [0, 0.05) is 0 Å². The Balaban J connectivity index is 2.00. The fourth-order valence-corrected chi connectivity index (χ4v) is 3.87. The highest BCUT2D eigenvalue weighted by Gasteiger charge is 2.36. The number of urea groups is 1. The summed E-state index contributed by atoms with van der Waals surface area (Å²) < 4.78 is 12.0. The molecule has 1 N–H and O–H groups in total. The molecule has 1 aliphatic heterocycles. The Morgan fingerprint density at radius 2 is 1.81 bits per heavy atom. The van der Waals surface area contributed by atoms with E-state index in [1.165, 1.54) is 13.2 Å². The fourth-order valence-electron chi connectivity index (χ4n) is 3.11. The van der Waals surface area contributed by atoms with Gasteiger partial charge in [-0.25, -0.2) is 9.69 Å². The summed E-state index contributed by atoms with van der Waals surface area (Å²) in [7, 11) is 1.52. The van der Waals surface area contributed by atoms with Crippen LogP contribution >= 0.6 is 22.6 Å². The van der Waals surface area contributed by atoms with E-state index in [2.05, 4.69) is 27.9 Å². The molecular weight excluding hydrogens is 511 g/mol. The monoisotopic (exact) mass is 534 g/mol. The lowest BCUT2D eigenvalue weighted by atomic mass is 10.1. The first kappa shape index (κ1) is 22.8. The van der Waals surface area contributed by atoms with E-state index >= 15 is 0 Å². The normalized spacial score (nSPS) is 15.5. The van der Waals surface area contributed by atoms with E-state index in [-0.39, 0.29) is 11.7 Å². The molecule has 0 radical (unpaired) electrons. The second kappa shape index (κ2) is 9.51. The van der Waals surface area contributed by atoms with E-state index < -0.39 is 17.8 Å². The highest BCUT2D eigenvalue weighted by molar-refractivity contribution is 14.1. The molecule has 31 heavy (non-hydrogen) atoms. The number of aryl methyl sites for hydroxylation is 1. The zero-order chi connectivity index (χ0) is 22.7. The average molecular weight is 534 g/mol. The molecule has 3 rings (SSSR count). The number of ether oxygens (including phenoxy) is 2. The molecule has 0 unspecified atom stereocenters. The van der Waals surface area contributed by atoms with Crippen molar-refractivity contribution in [3.63, 3.8) is 0 Å². The Labute approximate surface area is 194 Å². The molecule has 8 heteroatoms. The summed E-state index contributed by atoms with van der Waals surface area (Å²) >= 11 is 2.11. The van der Waals surface area contributed by atoms with E-state index in [1.54, 1.807) is 24.3 Å². The maximum Gasteiger partial charge on any atom is 0.335 e. The third-order valence-corrected chi connectivity index (χ3v) is 5.42. The second-order valence-corrected chi connectivity index (χ2v) is 8.34. The van der Waals surface area contributed by atoms with E-state index in [1.807, 2.05) is 32.9 Å². The molecule has 0 atom stereocenters. The Morgan fingerprint density at radius 3 is 2.39 bits per heavy atom. The van der Waals surface area contributed by atoms with Crippen molar-refractivity contribution < 1.29 is 23.9 Å². The smallest absolute Gasteiger partial charge is 0.335 e. The van der Waals surface area contributed by atoms with Crippen LogP contribution in [0.25, 0.3) is 6.08 Å². The lowest BCUT2D eigenvalue weighted by Gasteiger charge is -2.26. The van der Waals surface area contributed by atoms with Crippen LogP contribution in [0.4, 0.5) is 10.5 Å². The summed E-state index contributed by atoms with van der Waals surface area (Å²) in [5.74, 6) is -0.353. The molecule has 0 spiro atoms. The van der Waals surface area contributed by atoms with Gasteiger partial charge in [0.05, 0.1) is 22.5 Å². The number of methoxy groups -OCH3 is 1. The molecule has 0 bridgehead atoms. The summed E-state index contributed by atoms with van der Waals surface area (Å²) in [6.45, 7) is 5.84. The van der Waals surface area contributed by atoms with Gasteiger partial charge in [-0.05, 0) is 84.3 Å². The zero-order valence-electron chi connectivity index (χ0n) is 17.7. The van der Waals surface area contributed by atoms with Crippen LogP contribution in [-0.2, 0) is 16.0 Å². The quantitative estimate of drug-likeness (QED) is 0.339. The number of nitrogens with one attached hydrogen (secondary N) is 1. The standard InChI is InChI=1S/C23H23IN2O5/c1-5-14-6-8-16(9-7-14)26-22(28)17(21(27)25-23(26)29)10-15-11-18(24)20(31-13(2)3)19(12-15)30-4/h6-13H,5H2,1-4H3,(H,25,27,29)/b17-10+. The third kappa shape index (κ3) is 4.90. The first-order valence-electron chi connectivity index (χ1n) is 9.79. The van der Waals surface area contributed by atoms with Crippen molar-refractivity contribution >= 4 is 52.2 Å². The van der Waals surface area contributed by atoms with Crippen LogP contribution in [0.5, 0.6) is 11.5 Å². The number of carbonyl (C=O) groups excluding carboxylic acids is 3. The van der Waals surface area contributed by atoms with Crippen molar-refractivity contribution in [2.75, 3.05) is 12.0 Å². The molecule has 162 valence electrons. The van der Waals surface area contributed by atoms with Crippen molar-refractivity contribution in [3.8, 4) is 11.5 Å². The van der Waals surface area contributed by atoms with Crippen LogP contribution in [-0.4, -0.2) is 31.1 Å². The number of benzene rings is 2. The maximum atomic E-state index is 13.1. The molecule has 0 saturated carbocycles. The van der Waals surface area contributed by atoms with Gasteiger partial charge in [0.2, 0.25) is 0 Å². The fraction of sp³-hybridized carbons (Fsp3) is 0.261. The number of carbonyl (C=O) groups is 3. The average Bonchev–Trinajstić information content (AvgIpc) is 2.72. The summed E-state index contributed by atoms with van der Waals surface area (Å²) in [5, 5.41) is 2.24. The Morgan fingerprint density at radius 1 is 1.13 bits per heavy atom. The first-order valence-corrected chi connectivity index (χ1v) is 10.9. The van der Waals surface area contributed by atoms with Crippen molar-refractivity contribution in [1.82, 2.24) is 5.32 Å². The summed E-state index contributed by atoms with van der Waals surface area (Å²) in [5.41, 5.74) is 1.90. The molecule has 2 aromatic carbocycles. The number of rotatable bonds is 6. The van der Waals surface area contributed by atoms with Crippen molar-refractivity contribution in [2.45, 2.75) is 33.3 Å². The van der Waals surface area contributed by atoms with Crippen LogP contribution in [0.15, 0.2) is 42.0 Å². The number of hydrogen-bond donors (Lipinski definition) is 1. The van der Waals surface area contributed by atoms with E-state index in [0.29, 0.717) is 22.7 Å². The van der Waals surface area contributed by atoms with Gasteiger partial charge >= 0.3 is 6.03 Å². The molecule has 0 aromatic heterocycles. The first-order chi connectivity index (χ1) is 14.7. The molecule has 1 fully saturated rings. The Hall–Kier alpha value is -2.88. The third-order valence-electron chi connectivity index (χ3n) is 4.62. The van der Waals surface area contributed by atoms with Crippen LogP contribution in [0.1, 0.15) is 31.9 Å². The lowest BCUT2D eigenvalue weighted by Crippen LogP contribution is -2.54. The summed E-state index contributed by atoms with van der Waals surface area (Å²) in [6, 6.07) is 9.76. The predicted molar refractivity (Wildman–Crippen MR) is 126 cm³/mol. The number of halogens is 1. The van der Waals surface area contributed by atoms with Gasteiger partial charge in [-0.15, -0.1) is 0 Å². The number of imide groups is 2. The minimum absolute atomic E-state index is 0.0454. The minimum Gasteiger partial charge on any atom is -0.493 e. The van der Waals surface area contributed by atoms with Gasteiger partial charge < -0.3 is 9.47 Å². The second-order valence-electron chi connectivity index (χ2n) is 7.18. The van der Waals surface area contributed by atoms with E-state index in [9.17, 15) is 14.4 Å². The van der Waals surface area contributed by atoms with Crippen molar-refractivity contribution in [1.29, 1.82) is 0 Å². The summed E-state index contributed by atoms with van der Waals surface area (Å²) in [4.78, 5) is 38.9. The Kier molecular flexibility index (Phi) is 6.99. The summed E-state index contributed by atoms with van der Waals surface area (Å²) in [6.07, 6.45) is 2.23. The van der Waals surface area contributed by atoms with Crippen molar-refractivity contribution in [3.05, 3.63) is 56.7 Å². The SMILES string of the molecule is CCc1ccc(N2C(=O)NC(=O)/C(=C\c3cc(I)c(OC(C)C)c(OC)c3)C2=O)cc1. The van der Waals surface area contributed by atoms with Crippen LogP contribution in [0, 0.1) is 3.57 Å². The van der Waals surface area contributed by atoms with Gasteiger partial charge in [0.25, 0.3) is 11.8 Å². The number of barbiturate groups is 1. The van der Waals surface area contributed by atoms with Gasteiger partial charge in [-0.2, -0.15) is 0 Å². The zero-order valence-corrected chi connectivity index (χ0v) is 19.8. The van der Waals surface area contributed by atoms with Gasteiger partial charge in [-0.1, -0.05) is 19.1 Å². The molecule has 1 aliphatic rings. The van der Waals surface area contributed by atoms with Crippen molar-refractivity contribution in [2.24, 2.45) is 0 Å².